The number of ether oxygens (including phenoxy) is 1. The van der Waals surface area contributed by atoms with Crippen molar-refractivity contribution in [3.8, 4) is 5.75 Å². The highest BCUT2D eigenvalue weighted by molar-refractivity contribution is 7.89. The molecule has 2 aromatic rings. The fourth-order valence-electron chi connectivity index (χ4n) is 2.88. The van der Waals surface area contributed by atoms with Crippen LogP contribution in [0.3, 0.4) is 0 Å². The molecule has 1 aromatic carbocycles. The third-order valence-electron chi connectivity index (χ3n) is 4.09. The topological polar surface area (TPSA) is 46.6 Å². The second-order valence-electron chi connectivity index (χ2n) is 5.34. The summed E-state index contributed by atoms with van der Waals surface area (Å²) < 4.78 is 32.4. The fourth-order valence-corrected chi connectivity index (χ4v) is 5.40. The number of piperidine rings is 1. The summed E-state index contributed by atoms with van der Waals surface area (Å²) in [7, 11) is -1.99. The molecule has 2 heterocycles. The molecule has 1 saturated heterocycles. The zero-order valence-corrected chi connectivity index (χ0v) is 14.1. The van der Waals surface area contributed by atoms with Crippen molar-refractivity contribution in [3.63, 3.8) is 0 Å². The summed E-state index contributed by atoms with van der Waals surface area (Å²) in [5.74, 6) is 0.881. The van der Waals surface area contributed by atoms with Gasteiger partial charge >= 0.3 is 0 Å². The van der Waals surface area contributed by atoms with Gasteiger partial charge in [0.15, 0.2) is 0 Å². The van der Waals surface area contributed by atoms with E-state index in [1.54, 1.807) is 39.9 Å². The van der Waals surface area contributed by atoms with E-state index in [-0.39, 0.29) is 4.90 Å². The Kier molecular flexibility index (Phi) is 4.52. The second kappa shape index (κ2) is 6.40. The van der Waals surface area contributed by atoms with Gasteiger partial charge < -0.3 is 4.74 Å². The van der Waals surface area contributed by atoms with E-state index in [9.17, 15) is 8.42 Å². The van der Waals surface area contributed by atoms with E-state index in [1.807, 2.05) is 0 Å². The van der Waals surface area contributed by atoms with Crippen LogP contribution in [0.15, 0.2) is 46.7 Å². The van der Waals surface area contributed by atoms with E-state index in [2.05, 4.69) is 17.5 Å². The maximum Gasteiger partial charge on any atom is 0.246 e. The zero-order valence-electron chi connectivity index (χ0n) is 12.4. The minimum atomic E-state index is -3.49. The SMILES string of the molecule is COc1ccccc1S(=O)(=O)N1CCC(c2cccs2)CC1. The summed E-state index contributed by atoms with van der Waals surface area (Å²) in [5.41, 5.74) is 0. The first-order valence-electron chi connectivity index (χ1n) is 7.29. The van der Waals surface area contributed by atoms with Gasteiger partial charge in [-0.15, -0.1) is 11.3 Å². The maximum atomic E-state index is 12.8. The van der Waals surface area contributed by atoms with E-state index in [0.29, 0.717) is 24.8 Å². The number of hydrogen-bond acceptors (Lipinski definition) is 4. The number of rotatable bonds is 4. The Labute approximate surface area is 135 Å². The number of sulfonamides is 1. The highest BCUT2D eigenvalue weighted by Gasteiger charge is 2.31. The van der Waals surface area contributed by atoms with Crippen molar-refractivity contribution in [2.24, 2.45) is 0 Å². The van der Waals surface area contributed by atoms with Gasteiger partial charge in [0.1, 0.15) is 10.6 Å². The van der Waals surface area contributed by atoms with Crippen LogP contribution >= 0.6 is 11.3 Å². The molecule has 0 N–H and O–H groups in total. The van der Waals surface area contributed by atoms with Crippen molar-refractivity contribution in [2.75, 3.05) is 20.2 Å². The molecular weight excluding hydrogens is 318 g/mol. The second-order valence-corrected chi connectivity index (χ2v) is 8.23. The van der Waals surface area contributed by atoms with Crippen LogP contribution in [0.1, 0.15) is 23.6 Å². The standard InChI is InChI=1S/C16H19NO3S2/c1-20-14-5-2-3-7-16(14)22(18,19)17-10-8-13(9-11-17)15-6-4-12-21-15/h2-7,12-13H,8-11H2,1H3. The molecular formula is C16H19NO3S2. The summed E-state index contributed by atoms with van der Waals surface area (Å²) in [4.78, 5) is 1.61. The minimum Gasteiger partial charge on any atom is -0.495 e. The molecule has 3 rings (SSSR count). The third kappa shape index (κ3) is 2.91. The normalized spacial score (nSPS) is 17.5. The number of nitrogens with zero attached hydrogens (tertiary/aromatic N) is 1. The quantitative estimate of drug-likeness (QED) is 0.860. The average Bonchev–Trinajstić information content (AvgIpc) is 3.09. The summed E-state index contributed by atoms with van der Waals surface area (Å²) in [6.45, 7) is 1.12. The van der Waals surface area contributed by atoms with Gasteiger partial charge in [0.05, 0.1) is 7.11 Å². The monoisotopic (exact) mass is 337 g/mol. The Morgan fingerprint density at radius 2 is 1.86 bits per heavy atom. The first-order valence-corrected chi connectivity index (χ1v) is 9.61. The predicted octanol–water partition coefficient (Wildman–Crippen LogP) is 3.33. The molecule has 0 bridgehead atoms. The molecule has 0 aliphatic carbocycles. The first kappa shape index (κ1) is 15.5. The number of hydrogen-bond donors (Lipinski definition) is 0. The molecule has 1 aliphatic heterocycles. The molecule has 0 radical (unpaired) electrons. The Morgan fingerprint density at radius 3 is 2.50 bits per heavy atom. The molecule has 0 spiro atoms. The Balaban J connectivity index is 1.77. The lowest BCUT2D eigenvalue weighted by Gasteiger charge is -2.31. The molecule has 1 aliphatic rings. The Bertz CT molecular complexity index is 718. The number of benzene rings is 1. The van der Waals surface area contributed by atoms with Gasteiger partial charge in [-0.3, -0.25) is 0 Å². The number of thiophene rings is 1. The highest BCUT2D eigenvalue weighted by Crippen LogP contribution is 2.34. The van der Waals surface area contributed by atoms with Crippen LogP contribution in [0.4, 0.5) is 0 Å². The predicted molar refractivity (Wildman–Crippen MR) is 88.0 cm³/mol. The maximum absolute atomic E-state index is 12.8. The Morgan fingerprint density at radius 1 is 1.14 bits per heavy atom. The van der Waals surface area contributed by atoms with Crippen molar-refractivity contribution in [1.29, 1.82) is 0 Å². The molecule has 0 amide bonds. The van der Waals surface area contributed by atoms with Gasteiger partial charge in [0.2, 0.25) is 10.0 Å². The number of para-hydroxylation sites is 1. The lowest BCUT2D eigenvalue weighted by Crippen LogP contribution is -2.37. The van der Waals surface area contributed by atoms with Gasteiger partial charge in [-0.1, -0.05) is 18.2 Å². The van der Waals surface area contributed by atoms with E-state index < -0.39 is 10.0 Å². The number of methoxy groups -OCH3 is 1. The van der Waals surface area contributed by atoms with Crippen LogP contribution in [0.2, 0.25) is 0 Å². The largest absolute Gasteiger partial charge is 0.495 e. The minimum absolute atomic E-state index is 0.257. The van der Waals surface area contributed by atoms with Crippen molar-refractivity contribution in [1.82, 2.24) is 4.31 Å². The summed E-state index contributed by atoms with van der Waals surface area (Å²) >= 11 is 1.75. The Hall–Kier alpha value is -1.37. The van der Waals surface area contributed by atoms with Crippen LogP contribution in [0.25, 0.3) is 0 Å². The van der Waals surface area contributed by atoms with Crippen LogP contribution < -0.4 is 4.74 Å². The van der Waals surface area contributed by atoms with Crippen molar-refractivity contribution in [2.45, 2.75) is 23.7 Å². The molecule has 0 unspecified atom stereocenters. The molecule has 22 heavy (non-hydrogen) atoms. The lowest BCUT2D eigenvalue weighted by atomic mass is 9.97. The summed E-state index contributed by atoms with van der Waals surface area (Å²) in [6, 6.07) is 11.0. The first-order chi connectivity index (χ1) is 10.6. The van der Waals surface area contributed by atoms with E-state index >= 15 is 0 Å². The van der Waals surface area contributed by atoms with Crippen LogP contribution in [-0.2, 0) is 10.0 Å². The van der Waals surface area contributed by atoms with Gasteiger partial charge in [0.25, 0.3) is 0 Å². The third-order valence-corrected chi connectivity index (χ3v) is 7.06. The van der Waals surface area contributed by atoms with Gasteiger partial charge in [-0.25, -0.2) is 8.42 Å². The van der Waals surface area contributed by atoms with Crippen LogP contribution in [0, 0.1) is 0 Å². The fraction of sp³-hybridized carbons (Fsp3) is 0.375. The van der Waals surface area contributed by atoms with Crippen molar-refractivity contribution in [3.05, 3.63) is 46.7 Å². The molecule has 0 atom stereocenters. The average molecular weight is 337 g/mol. The molecule has 1 fully saturated rings. The van der Waals surface area contributed by atoms with Crippen LogP contribution in [0.5, 0.6) is 5.75 Å². The molecule has 1 aromatic heterocycles. The van der Waals surface area contributed by atoms with E-state index in [1.165, 1.54) is 12.0 Å². The van der Waals surface area contributed by atoms with Crippen molar-refractivity contribution >= 4 is 21.4 Å². The van der Waals surface area contributed by atoms with Crippen LogP contribution in [-0.4, -0.2) is 32.9 Å². The zero-order chi connectivity index (χ0) is 15.6. The lowest BCUT2D eigenvalue weighted by molar-refractivity contribution is 0.319. The summed E-state index contributed by atoms with van der Waals surface area (Å²) in [5, 5.41) is 2.08. The molecule has 6 heteroatoms. The molecule has 4 nitrogen and oxygen atoms in total. The smallest absolute Gasteiger partial charge is 0.246 e. The van der Waals surface area contributed by atoms with Gasteiger partial charge in [0, 0.05) is 18.0 Å². The van der Waals surface area contributed by atoms with E-state index in [0.717, 1.165) is 12.8 Å². The summed E-state index contributed by atoms with van der Waals surface area (Å²) in [6.07, 6.45) is 1.74. The highest BCUT2D eigenvalue weighted by atomic mass is 32.2. The van der Waals surface area contributed by atoms with Crippen molar-refractivity contribution < 1.29 is 13.2 Å². The van der Waals surface area contributed by atoms with Gasteiger partial charge in [-0.05, 0) is 42.3 Å². The molecule has 118 valence electrons. The molecule has 0 saturated carbocycles. The van der Waals surface area contributed by atoms with E-state index in [4.69, 9.17) is 4.74 Å². The van der Waals surface area contributed by atoms with Gasteiger partial charge in [-0.2, -0.15) is 4.31 Å².